The molecule has 0 saturated carbocycles. The smallest absolute Gasteiger partial charge is 0.345 e. The van der Waals surface area contributed by atoms with Crippen molar-refractivity contribution in [3.05, 3.63) is 21.9 Å². The van der Waals surface area contributed by atoms with Gasteiger partial charge in [-0.15, -0.1) is 11.3 Å². The molecule has 0 bridgehead atoms. The first-order valence-corrected chi connectivity index (χ1v) is 8.39. The number of rotatable bonds is 7. The first-order chi connectivity index (χ1) is 10.6. The highest BCUT2D eigenvalue weighted by Gasteiger charge is 2.20. The zero-order valence-electron chi connectivity index (χ0n) is 12.5. The highest BCUT2D eigenvalue weighted by Crippen LogP contribution is 2.17. The predicted molar refractivity (Wildman–Crippen MR) is 84.5 cm³/mol. The lowest BCUT2D eigenvalue weighted by molar-refractivity contribution is 0.0702. The monoisotopic (exact) mass is 326 g/mol. The van der Waals surface area contributed by atoms with Gasteiger partial charge in [0.15, 0.2) is 0 Å². The van der Waals surface area contributed by atoms with E-state index in [1.54, 1.807) is 0 Å². The van der Waals surface area contributed by atoms with Crippen molar-refractivity contribution in [3.63, 3.8) is 0 Å². The van der Waals surface area contributed by atoms with Gasteiger partial charge in [0.1, 0.15) is 4.88 Å². The number of carbonyl (C=O) groups excluding carboxylic acids is 1. The van der Waals surface area contributed by atoms with E-state index in [-0.39, 0.29) is 23.4 Å². The van der Waals surface area contributed by atoms with Crippen molar-refractivity contribution in [1.82, 2.24) is 10.2 Å². The van der Waals surface area contributed by atoms with Gasteiger partial charge in [0, 0.05) is 19.1 Å². The zero-order valence-corrected chi connectivity index (χ0v) is 13.3. The number of hydrogen-bond acceptors (Lipinski definition) is 5. The highest BCUT2D eigenvalue weighted by molar-refractivity contribution is 7.15. The van der Waals surface area contributed by atoms with Crippen LogP contribution in [-0.4, -0.2) is 59.3 Å². The second-order valence-electron chi connectivity index (χ2n) is 5.45. The van der Waals surface area contributed by atoms with E-state index in [4.69, 9.17) is 5.11 Å². The highest BCUT2D eigenvalue weighted by atomic mass is 32.1. The molecule has 0 spiro atoms. The lowest BCUT2D eigenvalue weighted by Gasteiger charge is -2.34. The number of aliphatic hydroxyl groups is 1. The molecule has 1 saturated heterocycles. The molecule has 0 aromatic carbocycles. The number of carboxylic acid groups (broad SMARTS) is 1. The SMILES string of the molecule is O=C(O)c1ccc(C(=O)NCCCN2CCCC[C@H]2CO)s1. The van der Waals surface area contributed by atoms with E-state index in [9.17, 15) is 14.7 Å². The summed E-state index contributed by atoms with van der Waals surface area (Å²) in [4.78, 5) is 25.6. The van der Waals surface area contributed by atoms with E-state index in [1.165, 1.54) is 18.6 Å². The summed E-state index contributed by atoms with van der Waals surface area (Å²) in [5.74, 6) is -1.24. The van der Waals surface area contributed by atoms with Crippen LogP contribution in [0.3, 0.4) is 0 Å². The molecule has 3 N–H and O–H groups in total. The van der Waals surface area contributed by atoms with Crippen molar-refractivity contribution in [2.75, 3.05) is 26.2 Å². The van der Waals surface area contributed by atoms with Crippen LogP contribution in [0.25, 0.3) is 0 Å². The summed E-state index contributed by atoms with van der Waals surface area (Å²) in [5, 5.41) is 21.0. The molecule has 22 heavy (non-hydrogen) atoms. The van der Waals surface area contributed by atoms with Crippen LogP contribution in [0, 0.1) is 0 Å². The normalized spacial score (nSPS) is 19.0. The molecule has 1 fully saturated rings. The van der Waals surface area contributed by atoms with Gasteiger partial charge < -0.3 is 15.5 Å². The third kappa shape index (κ3) is 4.53. The Morgan fingerprint density at radius 2 is 2.09 bits per heavy atom. The van der Waals surface area contributed by atoms with Crippen molar-refractivity contribution >= 4 is 23.2 Å². The molecule has 0 aliphatic carbocycles. The molecular weight excluding hydrogens is 304 g/mol. The van der Waals surface area contributed by atoms with Gasteiger partial charge in [-0.05, 0) is 37.9 Å². The Morgan fingerprint density at radius 3 is 2.77 bits per heavy atom. The van der Waals surface area contributed by atoms with E-state index in [0.29, 0.717) is 11.4 Å². The summed E-state index contributed by atoms with van der Waals surface area (Å²) < 4.78 is 0. The van der Waals surface area contributed by atoms with E-state index >= 15 is 0 Å². The molecule has 0 unspecified atom stereocenters. The fourth-order valence-corrected chi connectivity index (χ4v) is 3.47. The Hall–Kier alpha value is -1.44. The van der Waals surface area contributed by atoms with Crippen LogP contribution >= 0.6 is 11.3 Å². The molecule has 1 amide bonds. The van der Waals surface area contributed by atoms with E-state index < -0.39 is 5.97 Å². The summed E-state index contributed by atoms with van der Waals surface area (Å²) in [6, 6.07) is 3.23. The molecule has 1 aliphatic rings. The van der Waals surface area contributed by atoms with Crippen LogP contribution in [0.4, 0.5) is 0 Å². The summed E-state index contributed by atoms with van der Waals surface area (Å²) in [7, 11) is 0. The number of likely N-dealkylation sites (tertiary alicyclic amines) is 1. The molecule has 1 aromatic rings. The molecule has 122 valence electrons. The number of carbonyl (C=O) groups is 2. The topological polar surface area (TPSA) is 89.9 Å². The Bertz CT molecular complexity index is 517. The number of nitrogens with one attached hydrogen (secondary N) is 1. The number of nitrogens with zero attached hydrogens (tertiary/aromatic N) is 1. The van der Waals surface area contributed by atoms with Gasteiger partial charge in [-0.1, -0.05) is 6.42 Å². The summed E-state index contributed by atoms with van der Waals surface area (Å²) in [5.41, 5.74) is 0. The Balaban J connectivity index is 1.71. The first-order valence-electron chi connectivity index (χ1n) is 7.58. The molecule has 1 aliphatic heterocycles. The van der Waals surface area contributed by atoms with E-state index in [1.807, 2.05) is 0 Å². The molecule has 1 aromatic heterocycles. The Labute approximate surface area is 133 Å². The van der Waals surface area contributed by atoms with Crippen LogP contribution in [0.5, 0.6) is 0 Å². The second-order valence-corrected chi connectivity index (χ2v) is 6.53. The summed E-state index contributed by atoms with van der Waals surface area (Å²) in [6.45, 7) is 2.61. The van der Waals surface area contributed by atoms with Gasteiger partial charge in [-0.3, -0.25) is 9.69 Å². The molecule has 2 rings (SSSR count). The average molecular weight is 326 g/mol. The van der Waals surface area contributed by atoms with Crippen molar-refractivity contribution in [3.8, 4) is 0 Å². The second kappa shape index (κ2) is 8.26. The third-order valence-corrected chi connectivity index (χ3v) is 4.98. The maximum Gasteiger partial charge on any atom is 0.345 e. The number of piperidine rings is 1. The van der Waals surface area contributed by atoms with Crippen molar-refractivity contribution < 1.29 is 19.8 Å². The van der Waals surface area contributed by atoms with Crippen LogP contribution in [-0.2, 0) is 0 Å². The van der Waals surface area contributed by atoms with Crippen molar-refractivity contribution in [1.29, 1.82) is 0 Å². The minimum Gasteiger partial charge on any atom is -0.477 e. The maximum absolute atomic E-state index is 11.9. The predicted octanol–water partition coefficient (Wildman–Crippen LogP) is 1.41. The molecule has 6 nitrogen and oxygen atoms in total. The molecule has 2 heterocycles. The molecule has 1 atom stereocenters. The van der Waals surface area contributed by atoms with Gasteiger partial charge in [0.05, 0.1) is 11.5 Å². The quantitative estimate of drug-likeness (QED) is 0.659. The van der Waals surface area contributed by atoms with Gasteiger partial charge in [0.2, 0.25) is 0 Å². The van der Waals surface area contributed by atoms with Crippen LogP contribution in [0.2, 0.25) is 0 Å². The average Bonchev–Trinajstić information content (AvgIpc) is 3.02. The van der Waals surface area contributed by atoms with Crippen molar-refractivity contribution in [2.24, 2.45) is 0 Å². The van der Waals surface area contributed by atoms with E-state index in [0.717, 1.165) is 43.7 Å². The van der Waals surface area contributed by atoms with Gasteiger partial charge in [-0.2, -0.15) is 0 Å². The number of thiophene rings is 1. The minimum atomic E-state index is -1.01. The lowest BCUT2D eigenvalue weighted by atomic mass is 10.0. The first kappa shape index (κ1) is 16.9. The van der Waals surface area contributed by atoms with Gasteiger partial charge in [0.25, 0.3) is 5.91 Å². The number of aromatic carboxylic acids is 1. The Kier molecular flexibility index (Phi) is 6.35. The lowest BCUT2D eigenvalue weighted by Crippen LogP contribution is -2.43. The third-order valence-electron chi connectivity index (χ3n) is 3.91. The fraction of sp³-hybridized carbons (Fsp3) is 0.600. The van der Waals surface area contributed by atoms with E-state index in [2.05, 4.69) is 10.2 Å². The minimum absolute atomic E-state index is 0.171. The number of hydrogen-bond donors (Lipinski definition) is 3. The van der Waals surface area contributed by atoms with Gasteiger partial charge in [-0.25, -0.2) is 4.79 Å². The molecule has 0 radical (unpaired) electrons. The fourth-order valence-electron chi connectivity index (χ4n) is 2.71. The number of amides is 1. The number of carboxylic acids is 1. The Morgan fingerprint density at radius 1 is 1.32 bits per heavy atom. The standard InChI is InChI=1S/C15H22N2O4S/c18-10-11-4-1-2-8-17(11)9-3-7-16-14(19)12-5-6-13(22-12)15(20)21/h5-6,11,18H,1-4,7-10H2,(H,16,19)(H,20,21)/t11-/m0/s1. The molecular formula is C15H22N2O4S. The van der Waals surface area contributed by atoms with Crippen LogP contribution in [0.15, 0.2) is 12.1 Å². The largest absolute Gasteiger partial charge is 0.477 e. The van der Waals surface area contributed by atoms with Crippen LogP contribution < -0.4 is 5.32 Å². The molecule has 7 heteroatoms. The van der Waals surface area contributed by atoms with Crippen LogP contribution in [0.1, 0.15) is 45.0 Å². The zero-order chi connectivity index (χ0) is 15.9. The number of aliphatic hydroxyl groups excluding tert-OH is 1. The summed E-state index contributed by atoms with van der Waals surface area (Å²) in [6.07, 6.45) is 4.19. The van der Waals surface area contributed by atoms with Gasteiger partial charge >= 0.3 is 5.97 Å². The maximum atomic E-state index is 11.9. The van der Waals surface area contributed by atoms with Crippen molar-refractivity contribution in [2.45, 2.75) is 31.7 Å². The summed E-state index contributed by atoms with van der Waals surface area (Å²) >= 11 is 0.984.